The minimum atomic E-state index is 0.142. The van der Waals surface area contributed by atoms with Crippen molar-refractivity contribution in [2.75, 3.05) is 0 Å². The summed E-state index contributed by atoms with van der Waals surface area (Å²) in [5, 5.41) is 4.08. The summed E-state index contributed by atoms with van der Waals surface area (Å²) >= 11 is 0. The maximum Gasteiger partial charge on any atom is 0.150 e. The summed E-state index contributed by atoms with van der Waals surface area (Å²) in [6, 6.07) is 20.9. The molecule has 6 heterocycles. The summed E-state index contributed by atoms with van der Waals surface area (Å²) in [6.45, 7) is 8.61. The number of pyridine rings is 4. The molecule has 0 unspecified atom stereocenters. The summed E-state index contributed by atoms with van der Waals surface area (Å²) in [7, 11) is 0. The van der Waals surface area contributed by atoms with Gasteiger partial charge in [-0.2, -0.15) is 0 Å². The molecule has 0 radical (unpaired) electrons. The molecular weight excluding hydrogens is 508 g/mol. The molecule has 0 bridgehead atoms. The van der Waals surface area contributed by atoms with Gasteiger partial charge in [0.2, 0.25) is 0 Å². The molecule has 41 heavy (non-hydrogen) atoms. The predicted octanol–water partition coefficient (Wildman–Crippen LogP) is 8.42. The molecule has 6 aromatic heterocycles. The van der Waals surface area contributed by atoms with Gasteiger partial charge in [-0.3, -0.25) is 8.80 Å². The smallest absolute Gasteiger partial charge is 0.150 e. The van der Waals surface area contributed by atoms with E-state index in [1.165, 1.54) is 0 Å². The van der Waals surface area contributed by atoms with Gasteiger partial charge in [-0.05, 0) is 36.1 Å². The van der Waals surface area contributed by atoms with Gasteiger partial charge in [-0.25, -0.2) is 19.9 Å². The molecule has 0 aliphatic heterocycles. The molecule has 0 aliphatic rings. The van der Waals surface area contributed by atoms with Crippen LogP contribution in [0.2, 0.25) is 0 Å². The fraction of sp³-hybridized carbons (Fsp3) is 0.176. The first-order chi connectivity index (χ1) is 20.0. The van der Waals surface area contributed by atoms with Gasteiger partial charge in [0.05, 0.1) is 33.5 Å². The fourth-order valence-corrected chi connectivity index (χ4v) is 6.04. The van der Waals surface area contributed by atoms with Crippen LogP contribution in [0.5, 0.6) is 11.5 Å². The standard InChI is InChI=1S/C34H28N6O/c1-19(2)29-27(17-23-31(37-29)21-9-5-7-11-25(21)39-15-13-35-33(23)39)41-28-18-24-32(38-30(28)20(3)4)22-10-6-8-12-26(22)40-16-14-36-34(24)40/h5-20H,1-4H3. The van der Waals surface area contributed by atoms with Gasteiger partial charge >= 0.3 is 0 Å². The van der Waals surface area contributed by atoms with E-state index in [1.54, 1.807) is 0 Å². The zero-order valence-electron chi connectivity index (χ0n) is 23.3. The minimum absolute atomic E-state index is 0.142. The zero-order valence-corrected chi connectivity index (χ0v) is 23.3. The number of para-hydroxylation sites is 2. The fourth-order valence-electron chi connectivity index (χ4n) is 6.04. The van der Waals surface area contributed by atoms with Crippen LogP contribution in [0.25, 0.3) is 54.9 Å². The topological polar surface area (TPSA) is 69.6 Å². The predicted molar refractivity (Wildman–Crippen MR) is 164 cm³/mol. The Morgan fingerprint density at radius 2 is 1.02 bits per heavy atom. The van der Waals surface area contributed by atoms with Crippen LogP contribution in [0, 0.1) is 0 Å². The highest BCUT2D eigenvalue weighted by Gasteiger charge is 2.22. The molecule has 7 nitrogen and oxygen atoms in total. The molecule has 0 aliphatic carbocycles. The van der Waals surface area contributed by atoms with Crippen molar-refractivity contribution in [3.63, 3.8) is 0 Å². The van der Waals surface area contributed by atoms with E-state index < -0.39 is 0 Å². The lowest BCUT2D eigenvalue weighted by Gasteiger charge is -2.19. The van der Waals surface area contributed by atoms with Crippen LogP contribution < -0.4 is 4.74 Å². The van der Waals surface area contributed by atoms with Crippen molar-refractivity contribution in [2.45, 2.75) is 39.5 Å². The Hall–Kier alpha value is -5.04. The Kier molecular flexibility index (Phi) is 5.07. The zero-order chi connectivity index (χ0) is 27.8. The number of aromatic nitrogens is 6. The molecule has 7 heteroatoms. The number of nitrogens with zero attached hydrogens (tertiary/aromatic N) is 6. The number of hydrogen-bond donors (Lipinski definition) is 0. The van der Waals surface area contributed by atoms with E-state index in [4.69, 9.17) is 24.7 Å². The highest BCUT2D eigenvalue weighted by Crippen LogP contribution is 2.40. The summed E-state index contributed by atoms with van der Waals surface area (Å²) in [5.74, 6) is 1.72. The monoisotopic (exact) mass is 536 g/mol. The molecule has 0 saturated heterocycles. The third-order valence-corrected chi connectivity index (χ3v) is 7.94. The van der Waals surface area contributed by atoms with Gasteiger partial charge in [0, 0.05) is 46.3 Å². The second kappa shape index (κ2) is 8.73. The Balaban J connectivity index is 1.42. The maximum absolute atomic E-state index is 6.86. The summed E-state index contributed by atoms with van der Waals surface area (Å²) in [5.41, 5.74) is 7.55. The molecular formula is C34H28N6O. The SMILES string of the molecule is CC(C)c1nc2c3ccccc3n3ccnc3c2cc1Oc1cc2c(nc1C(C)C)c1ccccc1n1ccnc21. The lowest BCUT2D eigenvalue weighted by Crippen LogP contribution is -2.04. The van der Waals surface area contributed by atoms with Crippen LogP contribution in [0.1, 0.15) is 50.9 Å². The molecule has 8 rings (SSSR count). The molecule has 200 valence electrons. The third kappa shape index (κ3) is 3.45. The Morgan fingerprint density at radius 3 is 1.46 bits per heavy atom. The van der Waals surface area contributed by atoms with Gasteiger partial charge in [-0.1, -0.05) is 64.1 Å². The van der Waals surface area contributed by atoms with Crippen molar-refractivity contribution in [3.05, 3.63) is 96.8 Å². The first-order valence-corrected chi connectivity index (χ1v) is 14.0. The van der Waals surface area contributed by atoms with Gasteiger partial charge in [0.1, 0.15) is 22.8 Å². The van der Waals surface area contributed by atoms with Crippen LogP contribution in [-0.4, -0.2) is 28.7 Å². The Bertz CT molecular complexity index is 2150. The van der Waals surface area contributed by atoms with E-state index in [9.17, 15) is 0 Å². The van der Waals surface area contributed by atoms with E-state index in [0.717, 1.165) is 77.8 Å². The van der Waals surface area contributed by atoms with Gasteiger partial charge in [0.15, 0.2) is 0 Å². The third-order valence-electron chi connectivity index (χ3n) is 7.94. The quantitative estimate of drug-likeness (QED) is 0.211. The molecule has 0 atom stereocenters. The number of hydrogen-bond acceptors (Lipinski definition) is 5. The highest BCUT2D eigenvalue weighted by atomic mass is 16.5. The Morgan fingerprint density at radius 1 is 0.585 bits per heavy atom. The first kappa shape index (κ1) is 23.8. The van der Waals surface area contributed by atoms with Crippen molar-refractivity contribution < 1.29 is 4.74 Å². The van der Waals surface area contributed by atoms with Gasteiger partial charge in [-0.15, -0.1) is 0 Å². The van der Waals surface area contributed by atoms with E-state index in [2.05, 4.69) is 97.2 Å². The molecule has 0 spiro atoms. The van der Waals surface area contributed by atoms with Crippen LogP contribution >= 0.6 is 0 Å². The Labute approximate surface area is 236 Å². The molecule has 8 aromatic rings. The second-order valence-electron chi connectivity index (χ2n) is 11.2. The largest absolute Gasteiger partial charge is 0.453 e. The molecule has 0 amide bonds. The molecule has 0 N–H and O–H groups in total. The summed E-state index contributed by atoms with van der Waals surface area (Å²) < 4.78 is 11.1. The molecule has 2 aromatic carbocycles. The van der Waals surface area contributed by atoms with Crippen molar-refractivity contribution in [1.29, 1.82) is 0 Å². The highest BCUT2D eigenvalue weighted by molar-refractivity contribution is 6.11. The van der Waals surface area contributed by atoms with Gasteiger partial charge in [0.25, 0.3) is 0 Å². The second-order valence-corrected chi connectivity index (χ2v) is 11.2. The minimum Gasteiger partial charge on any atom is -0.453 e. The summed E-state index contributed by atoms with van der Waals surface area (Å²) in [4.78, 5) is 19.9. The van der Waals surface area contributed by atoms with Crippen LogP contribution in [0.3, 0.4) is 0 Å². The maximum atomic E-state index is 6.86. The molecule has 0 fully saturated rings. The van der Waals surface area contributed by atoms with Crippen LogP contribution in [0.15, 0.2) is 85.5 Å². The average Bonchev–Trinajstić information content (AvgIpc) is 3.68. The first-order valence-electron chi connectivity index (χ1n) is 14.0. The van der Waals surface area contributed by atoms with Crippen molar-refractivity contribution >= 4 is 54.9 Å². The number of ether oxygens (including phenoxy) is 1. The van der Waals surface area contributed by atoms with Crippen molar-refractivity contribution in [1.82, 2.24) is 28.7 Å². The van der Waals surface area contributed by atoms with E-state index in [0.29, 0.717) is 0 Å². The van der Waals surface area contributed by atoms with Crippen molar-refractivity contribution in [3.8, 4) is 11.5 Å². The average molecular weight is 537 g/mol. The van der Waals surface area contributed by atoms with Crippen LogP contribution in [0.4, 0.5) is 0 Å². The van der Waals surface area contributed by atoms with E-state index in [-0.39, 0.29) is 11.8 Å². The van der Waals surface area contributed by atoms with Gasteiger partial charge < -0.3 is 4.74 Å². The van der Waals surface area contributed by atoms with Crippen LogP contribution in [-0.2, 0) is 0 Å². The van der Waals surface area contributed by atoms with Crippen molar-refractivity contribution in [2.24, 2.45) is 0 Å². The normalized spacial score (nSPS) is 12.3. The number of fused-ring (bicyclic) bond motifs is 12. The van der Waals surface area contributed by atoms with E-state index >= 15 is 0 Å². The summed E-state index contributed by atoms with van der Waals surface area (Å²) in [6.07, 6.45) is 7.67. The number of imidazole rings is 2. The number of rotatable bonds is 4. The molecule has 0 saturated carbocycles. The lowest BCUT2D eigenvalue weighted by molar-refractivity contribution is 0.458. The van der Waals surface area contributed by atoms with E-state index in [1.807, 2.05) is 24.8 Å². The lowest BCUT2D eigenvalue weighted by atomic mass is 10.0. The number of benzene rings is 2.